The van der Waals surface area contributed by atoms with Crippen LogP contribution in [0.3, 0.4) is 0 Å². The van der Waals surface area contributed by atoms with Gasteiger partial charge in [0.05, 0.1) is 0 Å². The minimum Gasteiger partial charge on any atom is -0.514 e. The summed E-state index contributed by atoms with van der Waals surface area (Å²) in [6.07, 6.45) is 12.0. The molecule has 5 atom stereocenters. The van der Waals surface area contributed by atoms with Crippen molar-refractivity contribution in [3.63, 3.8) is 0 Å². The number of hydrogen-bond donors (Lipinski definition) is 0. The molecule has 0 amide bonds. The van der Waals surface area contributed by atoms with E-state index in [1.54, 1.807) is 0 Å². The van der Waals surface area contributed by atoms with Crippen molar-refractivity contribution in [2.75, 3.05) is 0 Å². The average Bonchev–Trinajstić information content (AvgIpc) is 3.24. The predicted octanol–water partition coefficient (Wildman–Crippen LogP) is 6.97. The molecule has 0 spiro atoms. The molecule has 24 heavy (non-hydrogen) atoms. The van der Waals surface area contributed by atoms with Gasteiger partial charge in [-0.25, -0.2) is 0 Å². The van der Waals surface area contributed by atoms with E-state index in [1.165, 1.54) is 62.5 Å². The van der Waals surface area contributed by atoms with Gasteiger partial charge < -0.3 is 6.58 Å². The van der Waals surface area contributed by atoms with E-state index in [0.717, 1.165) is 24.2 Å². The fourth-order valence-corrected chi connectivity index (χ4v) is 6.64. The Hall–Kier alpha value is 0.584. The van der Waals surface area contributed by atoms with E-state index in [1.807, 2.05) is 0 Å². The Morgan fingerprint density at radius 3 is 2.50 bits per heavy atom. The second kappa shape index (κ2) is 7.68. The van der Waals surface area contributed by atoms with Crippen LogP contribution >= 0.6 is 0 Å². The van der Waals surface area contributed by atoms with Crippen molar-refractivity contribution in [1.29, 1.82) is 0 Å². The van der Waals surface area contributed by atoms with Crippen LogP contribution in [0.1, 0.15) is 85.5 Å². The molecule has 0 aromatic heterocycles. The van der Waals surface area contributed by atoms with Crippen molar-refractivity contribution in [2.45, 2.75) is 85.5 Å². The maximum absolute atomic E-state index is 6.41. The van der Waals surface area contributed by atoms with Gasteiger partial charge in [-0.15, -0.1) is 0 Å². The first-order valence-electron chi connectivity index (χ1n) is 10.1. The van der Waals surface area contributed by atoms with Crippen molar-refractivity contribution < 1.29 is 32.7 Å². The molecule has 3 fully saturated rings. The molecule has 0 aromatic rings. The second-order valence-corrected chi connectivity index (χ2v) is 9.40. The van der Waals surface area contributed by atoms with Crippen molar-refractivity contribution in [1.82, 2.24) is 0 Å². The van der Waals surface area contributed by atoms with Gasteiger partial charge in [0.25, 0.3) is 0 Å². The number of rotatable bonds is 6. The molecule has 0 N–H and O–H groups in total. The number of hydrogen-bond acceptors (Lipinski definition) is 0. The Morgan fingerprint density at radius 1 is 1.25 bits per heavy atom. The number of fused-ring (bicyclic) bond motifs is 1. The Labute approximate surface area is 176 Å². The SMILES string of the molecule is [CH-]=C1CCC[C@]2(C)[C@@H]([C@H](C)CC(C)C3(C(=C)CC)CC3)CC[C@@H]12.[Y]. The van der Waals surface area contributed by atoms with Gasteiger partial charge in [-0.3, -0.25) is 5.57 Å². The summed E-state index contributed by atoms with van der Waals surface area (Å²) in [5.74, 6) is 3.21. The maximum Gasteiger partial charge on any atom is 0 e. The van der Waals surface area contributed by atoms with Crippen LogP contribution in [0.2, 0.25) is 0 Å². The van der Waals surface area contributed by atoms with Gasteiger partial charge in [-0.1, -0.05) is 52.7 Å². The van der Waals surface area contributed by atoms with Crippen molar-refractivity contribution >= 4 is 0 Å². The third kappa shape index (κ3) is 3.41. The standard InChI is InChI=1S/C23H37.Y/c1-7-18(4)23(13-14-23)19(5)15-17(3)21-11-10-20-16(2)9-8-12-22(20,21)6;/h2,17,19-21H,4,7-15H2,1,3,5-6H3;/q-1;/t17-,19?,20+,21-,22+;/m1./s1. The molecule has 0 nitrogen and oxygen atoms in total. The third-order valence-corrected chi connectivity index (χ3v) is 8.31. The van der Waals surface area contributed by atoms with E-state index in [0.29, 0.717) is 16.7 Å². The fraction of sp³-hybridized carbons (Fsp3) is 0.826. The van der Waals surface area contributed by atoms with Gasteiger partial charge in [0.2, 0.25) is 0 Å². The van der Waals surface area contributed by atoms with Crippen molar-refractivity contribution in [2.24, 2.45) is 34.5 Å². The van der Waals surface area contributed by atoms with E-state index in [-0.39, 0.29) is 32.7 Å². The van der Waals surface area contributed by atoms with E-state index >= 15 is 0 Å². The smallest absolute Gasteiger partial charge is 0 e. The van der Waals surface area contributed by atoms with Gasteiger partial charge >= 0.3 is 0 Å². The molecule has 1 radical (unpaired) electrons. The zero-order valence-corrected chi connectivity index (χ0v) is 19.4. The topological polar surface area (TPSA) is 0 Å². The van der Waals surface area contributed by atoms with Crippen LogP contribution in [-0.4, -0.2) is 0 Å². The summed E-state index contributed by atoms with van der Waals surface area (Å²) in [4.78, 5) is 0. The minimum absolute atomic E-state index is 0. The average molecular weight is 402 g/mol. The summed E-state index contributed by atoms with van der Waals surface area (Å²) in [5, 5.41) is 0. The maximum atomic E-state index is 6.41. The van der Waals surface area contributed by atoms with Crippen LogP contribution in [0.25, 0.3) is 0 Å². The summed E-state index contributed by atoms with van der Waals surface area (Å²) >= 11 is 0. The third-order valence-electron chi connectivity index (χ3n) is 8.31. The summed E-state index contributed by atoms with van der Waals surface area (Å²) in [5.41, 5.74) is 3.82. The van der Waals surface area contributed by atoms with Gasteiger partial charge in [-0.2, -0.15) is 0 Å². The molecule has 3 rings (SSSR count). The van der Waals surface area contributed by atoms with Gasteiger partial charge in [0.1, 0.15) is 0 Å². The van der Waals surface area contributed by atoms with Crippen molar-refractivity contribution in [3.8, 4) is 0 Å². The van der Waals surface area contributed by atoms with E-state index < -0.39 is 0 Å². The first-order chi connectivity index (χ1) is 10.8. The molecular formula is C23H37Y-. The Balaban J connectivity index is 0.00000208. The molecule has 0 heterocycles. The first-order valence-corrected chi connectivity index (χ1v) is 10.1. The zero-order chi connectivity index (χ0) is 16.8. The van der Waals surface area contributed by atoms with E-state index in [9.17, 15) is 0 Å². The summed E-state index contributed by atoms with van der Waals surface area (Å²) in [6, 6.07) is 0. The van der Waals surface area contributed by atoms with Crippen LogP contribution in [-0.2, 0) is 32.7 Å². The first kappa shape index (κ1) is 20.9. The zero-order valence-electron chi connectivity index (χ0n) is 16.5. The molecular weight excluding hydrogens is 365 g/mol. The molecule has 3 aliphatic rings. The monoisotopic (exact) mass is 402 g/mol. The van der Waals surface area contributed by atoms with Gasteiger partial charge in [0.15, 0.2) is 0 Å². The molecule has 0 aromatic carbocycles. The van der Waals surface area contributed by atoms with Crippen LogP contribution < -0.4 is 0 Å². The molecule has 0 aliphatic heterocycles. The molecule has 3 aliphatic carbocycles. The van der Waals surface area contributed by atoms with Crippen LogP contribution in [0, 0.1) is 41.1 Å². The number of allylic oxidation sites excluding steroid dienone is 2. The molecule has 133 valence electrons. The molecule has 1 unspecified atom stereocenters. The van der Waals surface area contributed by atoms with Crippen LogP contribution in [0.4, 0.5) is 0 Å². The Morgan fingerprint density at radius 2 is 1.92 bits per heavy atom. The summed E-state index contributed by atoms with van der Waals surface area (Å²) in [7, 11) is 0. The summed E-state index contributed by atoms with van der Waals surface area (Å²) in [6.45, 7) is 20.7. The summed E-state index contributed by atoms with van der Waals surface area (Å²) < 4.78 is 0. The normalized spacial score (nSPS) is 36.4. The van der Waals surface area contributed by atoms with Gasteiger partial charge in [-0.05, 0) is 79.4 Å². The van der Waals surface area contributed by atoms with Crippen molar-refractivity contribution in [3.05, 3.63) is 24.3 Å². The van der Waals surface area contributed by atoms with Crippen LogP contribution in [0.15, 0.2) is 17.7 Å². The Bertz CT molecular complexity index is 486. The second-order valence-electron chi connectivity index (χ2n) is 9.40. The van der Waals surface area contributed by atoms with Gasteiger partial charge in [0, 0.05) is 32.7 Å². The minimum atomic E-state index is 0. The quantitative estimate of drug-likeness (QED) is 0.332. The van der Waals surface area contributed by atoms with E-state index in [4.69, 9.17) is 6.58 Å². The fourth-order valence-electron chi connectivity index (χ4n) is 6.64. The molecule has 0 bridgehead atoms. The Kier molecular flexibility index (Phi) is 6.68. The molecule has 1 heteroatoms. The predicted molar refractivity (Wildman–Crippen MR) is 100 cm³/mol. The molecule has 3 saturated carbocycles. The van der Waals surface area contributed by atoms with E-state index in [2.05, 4.69) is 34.3 Å². The molecule has 0 saturated heterocycles. The van der Waals surface area contributed by atoms with Crippen LogP contribution in [0.5, 0.6) is 0 Å². The largest absolute Gasteiger partial charge is 0.514 e.